The molecule has 1 unspecified atom stereocenters. The monoisotopic (exact) mass is 238 g/mol. The summed E-state index contributed by atoms with van der Waals surface area (Å²) in [4.78, 5) is 2.57. The van der Waals surface area contributed by atoms with Crippen molar-refractivity contribution >= 4 is 0 Å². The Hall–Kier alpha value is -0.340. The van der Waals surface area contributed by atoms with Crippen molar-refractivity contribution in [2.75, 3.05) is 26.2 Å². The standard InChI is InChI=1S/C15H30N2/c1-6-16-13(2)7-10-17-11-8-14(9-12-17)15(3,4)5/h8,13,16H,6-7,9-12H2,1-5H3. The average Bonchev–Trinajstić information content (AvgIpc) is 2.26. The smallest absolute Gasteiger partial charge is 0.0166 e. The van der Waals surface area contributed by atoms with Gasteiger partial charge >= 0.3 is 0 Å². The highest BCUT2D eigenvalue weighted by Crippen LogP contribution is 2.29. The maximum Gasteiger partial charge on any atom is 0.0166 e. The first-order valence-electron chi connectivity index (χ1n) is 7.08. The summed E-state index contributed by atoms with van der Waals surface area (Å²) in [6.07, 6.45) is 4.95. The molecule has 0 aliphatic carbocycles. The minimum Gasteiger partial charge on any atom is -0.314 e. The Balaban J connectivity index is 2.30. The molecule has 0 amide bonds. The topological polar surface area (TPSA) is 15.3 Å². The van der Waals surface area contributed by atoms with Gasteiger partial charge in [0.2, 0.25) is 0 Å². The fraction of sp³-hybridized carbons (Fsp3) is 0.867. The lowest BCUT2D eigenvalue weighted by Gasteiger charge is -2.32. The summed E-state index contributed by atoms with van der Waals surface area (Å²) in [5.41, 5.74) is 2.00. The Bertz CT molecular complexity index is 250. The summed E-state index contributed by atoms with van der Waals surface area (Å²) in [6, 6.07) is 0.646. The van der Waals surface area contributed by atoms with Crippen molar-refractivity contribution in [1.29, 1.82) is 0 Å². The molecule has 0 aromatic carbocycles. The van der Waals surface area contributed by atoms with Crippen molar-refractivity contribution in [2.45, 2.75) is 53.5 Å². The van der Waals surface area contributed by atoms with Crippen LogP contribution in [0.25, 0.3) is 0 Å². The van der Waals surface area contributed by atoms with Crippen LogP contribution in [0.3, 0.4) is 0 Å². The minimum atomic E-state index is 0.364. The molecule has 1 aliphatic heterocycles. The molecule has 1 heterocycles. The lowest BCUT2D eigenvalue weighted by atomic mass is 9.83. The lowest BCUT2D eigenvalue weighted by Crippen LogP contribution is -2.35. The van der Waals surface area contributed by atoms with Crippen LogP contribution in [0.2, 0.25) is 0 Å². The van der Waals surface area contributed by atoms with Crippen LogP contribution in [0, 0.1) is 5.41 Å². The van der Waals surface area contributed by atoms with Gasteiger partial charge in [0.15, 0.2) is 0 Å². The zero-order valence-corrected chi connectivity index (χ0v) is 12.3. The van der Waals surface area contributed by atoms with Gasteiger partial charge in [-0.15, -0.1) is 0 Å². The SMILES string of the molecule is CCNC(C)CCN1CC=C(C(C)(C)C)CC1. The van der Waals surface area contributed by atoms with Crippen LogP contribution >= 0.6 is 0 Å². The summed E-state index contributed by atoms with van der Waals surface area (Å²) >= 11 is 0. The Morgan fingerprint density at radius 2 is 2.12 bits per heavy atom. The van der Waals surface area contributed by atoms with Crippen LogP contribution in [-0.4, -0.2) is 37.1 Å². The zero-order chi connectivity index (χ0) is 12.9. The molecule has 0 saturated heterocycles. The summed E-state index contributed by atoms with van der Waals surface area (Å²) in [5, 5.41) is 3.48. The number of nitrogens with one attached hydrogen (secondary N) is 1. The molecule has 0 radical (unpaired) electrons. The van der Waals surface area contributed by atoms with Gasteiger partial charge in [0.25, 0.3) is 0 Å². The van der Waals surface area contributed by atoms with Gasteiger partial charge in [0.1, 0.15) is 0 Å². The van der Waals surface area contributed by atoms with Gasteiger partial charge in [0, 0.05) is 19.1 Å². The van der Waals surface area contributed by atoms with E-state index in [-0.39, 0.29) is 0 Å². The zero-order valence-electron chi connectivity index (χ0n) is 12.3. The second-order valence-electron chi connectivity index (χ2n) is 6.28. The Morgan fingerprint density at radius 3 is 2.59 bits per heavy atom. The van der Waals surface area contributed by atoms with Crippen LogP contribution in [0.5, 0.6) is 0 Å². The molecule has 1 atom stereocenters. The molecule has 0 aromatic heterocycles. The molecule has 1 aliphatic rings. The molecule has 0 saturated carbocycles. The van der Waals surface area contributed by atoms with Gasteiger partial charge in [-0.3, -0.25) is 4.90 Å². The van der Waals surface area contributed by atoms with Crippen LogP contribution in [-0.2, 0) is 0 Å². The van der Waals surface area contributed by atoms with Crippen molar-refractivity contribution in [3.8, 4) is 0 Å². The highest BCUT2D eigenvalue weighted by molar-refractivity contribution is 5.14. The average molecular weight is 238 g/mol. The molecular formula is C15H30N2. The van der Waals surface area contributed by atoms with Crippen LogP contribution in [0.1, 0.15) is 47.5 Å². The highest BCUT2D eigenvalue weighted by atomic mass is 15.1. The minimum absolute atomic E-state index is 0.364. The summed E-state index contributed by atoms with van der Waals surface area (Å²) in [7, 11) is 0. The van der Waals surface area contributed by atoms with Crippen molar-refractivity contribution in [3.05, 3.63) is 11.6 Å². The van der Waals surface area contributed by atoms with Crippen LogP contribution in [0.4, 0.5) is 0 Å². The van der Waals surface area contributed by atoms with E-state index in [2.05, 4.69) is 50.9 Å². The fourth-order valence-electron chi connectivity index (χ4n) is 2.42. The van der Waals surface area contributed by atoms with E-state index >= 15 is 0 Å². The normalized spacial score (nSPS) is 20.2. The number of hydrogen-bond donors (Lipinski definition) is 1. The predicted octanol–water partition coefficient (Wildman–Crippen LogP) is 3.05. The maximum absolute atomic E-state index is 3.48. The van der Waals surface area contributed by atoms with Crippen molar-refractivity contribution in [1.82, 2.24) is 10.2 Å². The first-order valence-corrected chi connectivity index (χ1v) is 7.08. The third-order valence-corrected chi connectivity index (χ3v) is 3.69. The van der Waals surface area contributed by atoms with E-state index in [1.54, 1.807) is 5.57 Å². The van der Waals surface area contributed by atoms with Crippen LogP contribution < -0.4 is 5.32 Å². The summed E-state index contributed by atoms with van der Waals surface area (Å²) < 4.78 is 0. The van der Waals surface area contributed by atoms with Crippen molar-refractivity contribution in [3.63, 3.8) is 0 Å². The van der Waals surface area contributed by atoms with Gasteiger partial charge in [-0.05, 0) is 38.3 Å². The third-order valence-electron chi connectivity index (χ3n) is 3.69. The number of nitrogens with zero attached hydrogens (tertiary/aromatic N) is 1. The third kappa shape index (κ3) is 5.22. The van der Waals surface area contributed by atoms with Gasteiger partial charge < -0.3 is 5.32 Å². The first kappa shape index (κ1) is 14.7. The second kappa shape index (κ2) is 6.55. The molecule has 0 aromatic rings. The van der Waals surface area contributed by atoms with Gasteiger partial charge in [-0.1, -0.05) is 39.3 Å². The first-order chi connectivity index (χ1) is 7.93. The molecule has 0 spiro atoms. The molecule has 1 rings (SSSR count). The van der Waals surface area contributed by atoms with Gasteiger partial charge in [-0.25, -0.2) is 0 Å². The van der Waals surface area contributed by atoms with Gasteiger partial charge in [-0.2, -0.15) is 0 Å². The molecule has 2 heteroatoms. The molecule has 0 fully saturated rings. The van der Waals surface area contributed by atoms with E-state index in [0.29, 0.717) is 11.5 Å². The van der Waals surface area contributed by atoms with E-state index in [1.807, 2.05) is 0 Å². The Labute approximate surface area is 107 Å². The van der Waals surface area contributed by atoms with E-state index in [0.717, 1.165) is 13.1 Å². The molecule has 2 nitrogen and oxygen atoms in total. The van der Waals surface area contributed by atoms with E-state index in [4.69, 9.17) is 0 Å². The number of hydrogen-bond acceptors (Lipinski definition) is 2. The van der Waals surface area contributed by atoms with E-state index in [1.165, 1.54) is 25.9 Å². The molecule has 1 N–H and O–H groups in total. The van der Waals surface area contributed by atoms with Crippen molar-refractivity contribution < 1.29 is 0 Å². The van der Waals surface area contributed by atoms with Gasteiger partial charge in [0.05, 0.1) is 0 Å². The quantitative estimate of drug-likeness (QED) is 0.741. The van der Waals surface area contributed by atoms with Crippen LogP contribution in [0.15, 0.2) is 11.6 Å². The number of rotatable bonds is 5. The Morgan fingerprint density at radius 1 is 1.41 bits per heavy atom. The molecule has 100 valence electrons. The molecule has 0 bridgehead atoms. The second-order valence-corrected chi connectivity index (χ2v) is 6.28. The highest BCUT2D eigenvalue weighted by Gasteiger charge is 2.21. The largest absolute Gasteiger partial charge is 0.314 e. The molecule has 17 heavy (non-hydrogen) atoms. The predicted molar refractivity (Wildman–Crippen MR) is 76.4 cm³/mol. The van der Waals surface area contributed by atoms with E-state index < -0.39 is 0 Å². The molecular weight excluding hydrogens is 208 g/mol. The summed E-state index contributed by atoms with van der Waals surface area (Å²) in [5.74, 6) is 0. The maximum atomic E-state index is 3.48. The van der Waals surface area contributed by atoms with E-state index in [9.17, 15) is 0 Å². The van der Waals surface area contributed by atoms with Crippen molar-refractivity contribution in [2.24, 2.45) is 5.41 Å². The lowest BCUT2D eigenvalue weighted by molar-refractivity contribution is 0.265. The fourth-order valence-corrected chi connectivity index (χ4v) is 2.42. The Kier molecular flexibility index (Phi) is 5.68. The summed E-state index contributed by atoms with van der Waals surface area (Å²) in [6.45, 7) is 16.1.